The predicted octanol–water partition coefficient (Wildman–Crippen LogP) is 10.2. The molecule has 0 fully saturated rings. The van der Waals surface area contributed by atoms with Gasteiger partial charge in [0.05, 0.1) is 23.3 Å². The summed E-state index contributed by atoms with van der Waals surface area (Å²) >= 11 is 8.59. The van der Waals surface area contributed by atoms with Gasteiger partial charge in [0.25, 0.3) is 0 Å². The summed E-state index contributed by atoms with van der Waals surface area (Å²) in [6.45, 7) is 0. The third kappa shape index (κ3) is 4.71. The number of aromatic nitrogens is 1. The first-order valence-corrected chi connectivity index (χ1v) is 19.4. The Morgan fingerprint density at radius 3 is 2.17 bits per heavy atom. The largest absolute Gasteiger partial charge is 0.307 e. The van der Waals surface area contributed by atoms with Gasteiger partial charge in [-0.3, -0.25) is 4.98 Å². The van der Waals surface area contributed by atoms with Crippen LogP contribution in [0.3, 0.4) is 0 Å². The molecule has 5 heteroatoms. The van der Waals surface area contributed by atoms with Gasteiger partial charge in [-0.25, -0.2) is 0 Å². The van der Waals surface area contributed by atoms with Gasteiger partial charge in [0.1, 0.15) is 0 Å². The lowest BCUT2D eigenvalue weighted by atomic mass is 9.92. The summed E-state index contributed by atoms with van der Waals surface area (Å²) < 4.78 is 0. The number of hydrogen-bond donors (Lipinski definition) is 0. The average Bonchev–Trinajstić information content (AvgIpc) is 3.15. The number of pyridine rings is 1. The molecule has 0 unspecified atom stereocenters. The number of fused-ring (bicyclic) bond motifs is 3. The predicted molar refractivity (Wildman–Crippen MR) is 205 cm³/mol. The molecule has 2 heterocycles. The lowest BCUT2D eigenvalue weighted by molar-refractivity contribution is 1.11. The van der Waals surface area contributed by atoms with E-state index in [2.05, 4.69) is 155 Å². The van der Waals surface area contributed by atoms with Crippen molar-refractivity contribution in [2.45, 2.75) is 16.2 Å². The Morgan fingerprint density at radius 2 is 1.40 bits per heavy atom. The van der Waals surface area contributed by atoms with Crippen molar-refractivity contribution in [3.63, 3.8) is 0 Å². The Morgan fingerprint density at radius 1 is 0.660 bits per heavy atom. The fraction of sp³-hybridized carbons (Fsp3) is 0.0238. The number of benzene rings is 6. The number of hydrogen-bond acceptors (Lipinski definition) is 4. The molecule has 2 aliphatic rings. The highest BCUT2D eigenvalue weighted by molar-refractivity contribution is 8.25. The molecule has 0 saturated heterocycles. The molecular formula is C42H29N2PS2. The molecule has 0 atom stereocenters. The number of nitrogens with zero attached hydrogens (tertiary/aromatic N) is 2. The highest BCUT2D eigenvalue weighted by Gasteiger charge is 2.30. The van der Waals surface area contributed by atoms with Crippen LogP contribution in [0.25, 0.3) is 28.0 Å². The molecule has 0 N–H and O–H groups in total. The van der Waals surface area contributed by atoms with Gasteiger partial charge in [-0.2, -0.15) is 0 Å². The van der Waals surface area contributed by atoms with Crippen LogP contribution in [0, 0.1) is 0 Å². The molecule has 0 bridgehead atoms. The molecule has 47 heavy (non-hydrogen) atoms. The summed E-state index contributed by atoms with van der Waals surface area (Å²) in [5.74, 6) is 0. The van der Waals surface area contributed by atoms with Gasteiger partial charge >= 0.3 is 0 Å². The molecule has 0 saturated carbocycles. The topological polar surface area (TPSA) is 16.1 Å². The maximum atomic E-state index is 6.70. The number of allylic oxidation sites excluding steroid dienone is 1. The zero-order chi connectivity index (χ0) is 31.4. The second kappa shape index (κ2) is 11.5. The normalized spacial score (nSPS) is 13.3. The SMILES string of the molecule is S=P(c1ccccc1)(c1ccccc1)c1cccc(-c2ccc3c(c2)N(c2cccnc2)c2cc4cccc5c4c(c2S3)CC=C5)c1. The van der Waals surface area contributed by atoms with E-state index in [1.54, 1.807) is 0 Å². The molecular weight excluding hydrogens is 628 g/mol. The molecule has 0 radical (unpaired) electrons. The van der Waals surface area contributed by atoms with E-state index in [1.807, 2.05) is 30.2 Å². The second-order valence-corrected chi connectivity index (χ2v) is 17.4. The van der Waals surface area contributed by atoms with Crippen molar-refractivity contribution in [3.8, 4) is 11.1 Å². The maximum absolute atomic E-state index is 6.70. The highest BCUT2D eigenvalue weighted by atomic mass is 32.4. The molecule has 0 spiro atoms. The third-order valence-corrected chi connectivity index (χ3v) is 15.4. The van der Waals surface area contributed by atoms with E-state index in [1.165, 1.54) is 58.9 Å². The van der Waals surface area contributed by atoms with Crippen LogP contribution in [0.2, 0.25) is 0 Å². The first kappa shape index (κ1) is 28.5. The summed E-state index contributed by atoms with van der Waals surface area (Å²) in [5, 5.41) is 6.24. The quantitative estimate of drug-likeness (QED) is 0.171. The number of rotatable bonds is 5. The molecule has 224 valence electrons. The average molecular weight is 657 g/mol. The monoisotopic (exact) mass is 656 g/mol. The molecule has 7 aromatic rings. The molecule has 1 aromatic heterocycles. The number of anilines is 3. The molecule has 6 aromatic carbocycles. The van der Waals surface area contributed by atoms with Gasteiger partial charge in [-0.1, -0.05) is 139 Å². The highest BCUT2D eigenvalue weighted by Crippen LogP contribution is 2.55. The Hall–Kier alpha value is -4.73. The van der Waals surface area contributed by atoms with Crippen LogP contribution in [-0.2, 0) is 18.2 Å². The summed E-state index contributed by atoms with van der Waals surface area (Å²) in [7, 11) is 0. The Kier molecular flexibility index (Phi) is 6.97. The maximum Gasteiger partial charge on any atom is 0.0645 e. The van der Waals surface area contributed by atoms with Crippen molar-refractivity contribution >= 4 is 79.4 Å². The standard InChI is InChI=1S/C42H29N2PS2/c46-45(34-16-3-1-4-17-34,35-18-5-2-6-19-35)36-20-8-13-30(25-36)31-22-23-40-38(26-31)44(33-15-10-24-43-28-33)39-27-32-14-7-11-29-12-9-21-37(41(29)32)42(39)47-40/h1-20,22-28H,21H2. The van der Waals surface area contributed by atoms with Crippen LogP contribution in [0.5, 0.6) is 0 Å². The van der Waals surface area contributed by atoms with Gasteiger partial charge in [0, 0.05) is 22.0 Å². The molecule has 9 rings (SSSR count). The van der Waals surface area contributed by atoms with Crippen LogP contribution in [0.15, 0.2) is 168 Å². The summed E-state index contributed by atoms with van der Waals surface area (Å²) in [5.41, 5.74) is 8.46. The lowest BCUT2D eigenvalue weighted by Gasteiger charge is -2.35. The Labute approximate surface area is 284 Å². The van der Waals surface area contributed by atoms with Crippen molar-refractivity contribution < 1.29 is 0 Å². The molecule has 0 amide bonds. The van der Waals surface area contributed by atoms with Crippen LogP contribution < -0.4 is 20.8 Å². The fourth-order valence-corrected chi connectivity index (χ4v) is 12.0. The summed E-state index contributed by atoms with van der Waals surface area (Å²) in [6, 6.07) is 48.0. The summed E-state index contributed by atoms with van der Waals surface area (Å²) in [6.07, 6.45) is 9.30. The zero-order valence-electron chi connectivity index (χ0n) is 25.5. The van der Waals surface area contributed by atoms with Gasteiger partial charge in [-0.05, 0) is 91.8 Å². The van der Waals surface area contributed by atoms with E-state index in [0.29, 0.717) is 0 Å². The Balaban J connectivity index is 1.21. The van der Waals surface area contributed by atoms with Gasteiger partial charge < -0.3 is 4.90 Å². The van der Waals surface area contributed by atoms with Gasteiger partial charge in [0.15, 0.2) is 0 Å². The lowest BCUT2D eigenvalue weighted by Crippen LogP contribution is -2.24. The fourth-order valence-electron chi connectivity index (χ4n) is 7.02. The van der Waals surface area contributed by atoms with E-state index >= 15 is 0 Å². The molecule has 1 aliphatic heterocycles. The van der Waals surface area contributed by atoms with Gasteiger partial charge in [-0.15, -0.1) is 0 Å². The first-order chi connectivity index (χ1) is 23.2. The van der Waals surface area contributed by atoms with Crippen molar-refractivity contribution in [3.05, 3.63) is 169 Å². The second-order valence-electron chi connectivity index (χ2n) is 11.9. The minimum Gasteiger partial charge on any atom is -0.307 e. The minimum absolute atomic E-state index is 0.930. The van der Waals surface area contributed by atoms with E-state index < -0.39 is 6.04 Å². The Bertz CT molecular complexity index is 2350. The molecule has 2 nitrogen and oxygen atoms in total. The van der Waals surface area contributed by atoms with E-state index in [4.69, 9.17) is 11.8 Å². The van der Waals surface area contributed by atoms with E-state index in [0.717, 1.165) is 23.4 Å². The van der Waals surface area contributed by atoms with E-state index in [-0.39, 0.29) is 0 Å². The first-order valence-electron chi connectivity index (χ1n) is 15.8. The zero-order valence-corrected chi connectivity index (χ0v) is 28.0. The van der Waals surface area contributed by atoms with Crippen LogP contribution in [0.1, 0.15) is 11.1 Å². The van der Waals surface area contributed by atoms with Crippen molar-refractivity contribution in [1.29, 1.82) is 0 Å². The molecule has 1 aliphatic carbocycles. The van der Waals surface area contributed by atoms with Crippen LogP contribution >= 0.6 is 17.8 Å². The van der Waals surface area contributed by atoms with Crippen LogP contribution in [0.4, 0.5) is 17.1 Å². The van der Waals surface area contributed by atoms with Crippen molar-refractivity contribution in [1.82, 2.24) is 4.98 Å². The van der Waals surface area contributed by atoms with Crippen LogP contribution in [-0.4, -0.2) is 4.98 Å². The summed E-state index contributed by atoms with van der Waals surface area (Å²) in [4.78, 5) is 9.51. The van der Waals surface area contributed by atoms with Crippen molar-refractivity contribution in [2.75, 3.05) is 4.90 Å². The smallest absolute Gasteiger partial charge is 0.0645 e. The third-order valence-electron chi connectivity index (χ3n) is 9.19. The van der Waals surface area contributed by atoms with Crippen molar-refractivity contribution in [2.24, 2.45) is 0 Å². The van der Waals surface area contributed by atoms with Gasteiger partial charge in [0.2, 0.25) is 0 Å². The van der Waals surface area contributed by atoms with E-state index in [9.17, 15) is 0 Å². The minimum atomic E-state index is -2.28.